The predicted octanol–water partition coefficient (Wildman–Crippen LogP) is 5.81. The van der Waals surface area contributed by atoms with Gasteiger partial charge in [-0.2, -0.15) is 0 Å². The van der Waals surface area contributed by atoms with Gasteiger partial charge in [-0.25, -0.2) is 0 Å². The standard InChI is InChI=1S/C19H38N2/c1-3-5-6-7-8-9-10-11-12-13-14-15-16-19-20-17-18-21(19)4-2/h3-18H2,1-2H3. The van der Waals surface area contributed by atoms with Crippen LogP contribution in [0.4, 0.5) is 0 Å². The third-order valence-electron chi connectivity index (χ3n) is 4.66. The number of rotatable bonds is 14. The van der Waals surface area contributed by atoms with Crippen molar-refractivity contribution in [3.63, 3.8) is 0 Å². The summed E-state index contributed by atoms with van der Waals surface area (Å²) < 4.78 is 0. The summed E-state index contributed by atoms with van der Waals surface area (Å²) in [6.07, 6.45) is 18.4. The van der Waals surface area contributed by atoms with Crippen LogP contribution in [0.3, 0.4) is 0 Å². The second-order valence-corrected chi connectivity index (χ2v) is 6.52. The van der Waals surface area contributed by atoms with Crippen LogP contribution >= 0.6 is 0 Å². The summed E-state index contributed by atoms with van der Waals surface area (Å²) in [7, 11) is 0. The first kappa shape index (κ1) is 18.5. The van der Waals surface area contributed by atoms with Gasteiger partial charge in [0.25, 0.3) is 0 Å². The van der Waals surface area contributed by atoms with E-state index in [0.29, 0.717) is 0 Å². The zero-order valence-electron chi connectivity index (χ0n) is 14.7. The Balaban J connectivity index is 1.79. The summed E-state index contributed by atoms with van der Waals surface area (Å²) in [5, 5.41) is 0. The average molecular weight is 295 g/mol. The maximum absolute atomic E-state index is 4.62. The van der Waals surface area contributed by atoms with Gasteiger partial charge in [0.15, 0.2) is 0 Å². The third kappa shape index (κ3) is 9.16. The molecule has 0 unspecified atom stereocenters. The molecule has 0 N–H and O–H groups in total. The first-order valence-corrected chi connectivity index (χ1v) is 9.66. The molecule has 0 bridgehead atoms. The van der Waals surface area contributed by atoms with Gasteiger partial charge in [0.05, 0.1) is 12.4 Å². The van der Waals surface area contributed by atoms with E-state index < -0.39 is 0 Å². The number of amidine groups is 1. The number of likely N-dealkylation sites (N-methyl/N-ethyl adjacent to an activating group) is 1. The monoisotopic (exact) mass is 294 g/mol. The van der Waals surface area contributed by atoms with Gasteiger partial charge in [-0.05, 0) is 13.3 Å². The van der Waals surface area contributed by atoms with Crippen molar-refractivity contribution in [3.8, 4) is 0 Å². The number of unbranched alkanes of at least 4 members (excludes halogenated alkanes) is 11. The highest BCUT2D eigenvalue weighted by molar-refractivity contribution is 5.83. The van der Waals surface area contributed by atoms with Gasteiger partial charge < -0.3 is 4.90 Å². The van der Waals surface area contributed by atoms with Crippen LogP contribution in [-0.2, 0) is 0 Å². The molecule has 0 aromatic rings. The molecule has 1 aliphatic rings. The molecule has 0 fully saturated rings. The molecule has 1 rings (SSSR count). The van der Waals surface area contributed by atoms with Crippen molar-refractivity contribution < 1.29 is 0 Å². The van der Waals surface area contributed by atoms with E-state index >= 15 is 0 Å². The van der Waals surface area contributed by atoms with Crippen LogP contribution in [-0.4, -0.2) is 30.4 Å². The van der Waals surface area contributed by atoms with E-state index in [1.54, 1.807) is 0 Å². The predicted molar refractivity (Wildman–Crippen MR) is 95.2 cm³/mol. The lowest BCUT2D eigenvalue weighted by atomic mass is 10.0. The molecule has 0 amide bonds. The van der Waals surface area contributed by atoms with Crippen molar-refractivity contribution in [1.82, 2.24) is 4.90 Å². The highest BCUT2D eigenvalue weighted by atomic mass is 15.2. The molecule has 1 aliphatic heterocycles. The summed E-state index contributed by atoms with van der Waals surface area (Å²) in [5.41, 5.74) is 0. The summed E-state index contributed by atoms with van der Waals surface area (Å²) in [4.78, 5) is 7.06. The smallest absolute Gasteiger partial charge is 0.0990 e. The topological polar surface area (TPSA) is 15.6 Å². The van der Waals surface area contributed by atoms with Gasteiger partial charge in [0.1, 0.15) is 0 Å². The summed E-state index contributed by atoms with van der Waals surface area (Å²) in [6, 6.07) is 0. The van der Waals surface area contributed by atoms with E-state index in [0.717, 1.165) is 19.6 Å². The lowest BCUT2D eigenvalue weighted by molar-refractivity contribution is 0.469. The molecule has 0 aromatic carbocycles. The molecule has 0 aliphatic carbocycles. The Morgan fingerprint density at radius 3 is 1.81 bits per heavy atom. The minimum atomic E-state index is 1.03. The van der Waals surface area contributed by atoms with Crippen molar-refractivity contribution in [3.05, 3.63) is 0 Å². The Labute approximate surface area is 133 Å². The molecular formula is C19H38N2. The molecule has 0 saturated carbocycles. The zero-order chi connectivity index (χ0) is 15.2. The first-order chi connectivity index (χ1) is 10.4. The molecule has 1 heterocycles. The van der Waals surface area contributed by atoms with Crippen molar-refractivity contribution in [2.45, 2.75) is 97.3 Å². The molecule has 0 saturated heterocycles. The molecule has 124 valence electrons. The van der Waals surface area contributed by atoms with Crippen LogP contribution in [0.5, 0.6) is 0 Å². The van der Waals surface area contributed by atoms with Crippen LogP contribution in [0, 0.1) is 0 Å². The molecule has 0 atom stereocenters. The van der Waals surface area contributed by atoms with Crippen molar-refractivity contribution in [1.29, 1.82) is 0 Å². The maximum atomic E-state index is 4.62. The van der Waals surface area contributed by atoms with Crippen LogP contribution in [0.15, 0.2) is 4.99 Å². The van der Waals surface area contributed by atoms with Crippen LogP contribution in [0.1, 0.15) is 97.3 Å². The Morgan fingerprint density at radius 1 is 0.762 bits per heavy atom. The van der Waals surface area contributed by atoms with Gasteiger partial charge in [-0.3, -0.25) is 4.99 Å². The zero-order valence-corrected chi connectivity index (χ0v) is 14.7. The van der Waals surface area contributed by atoms with Gasteiger partial charge in [-0.15, -0.1) is 0 Å². The van der Waals surface area contributed by atoms with Crippen LogP contribution < -0.4 is 0 Å². The molecular weight excluding hydrogens is 256 g/mol. The van der Waals surface area contributed by atoms with E-state index in [9.17, 15) is 0 Å². The Bertz CT molecular complexity index is 260. The minimum absolute atomic E-state index is 1.03. The number of aliphatic imine (C=N–C) groups is 1. The highest BCUT2D eigenvalue weighted by Crippen LogP contribution is 2.14. The van der Waals surface area contributed by atoms with E-state index in [2.05, 4.69) is 23.7 Å². The largest absolute Gasteiger partial charge is 0.359 e. The minimum Gasteiger partial charge on any atom is -0.359 e. The SMILES string of the molecule is CCCCCCCCCCCCCCC1=NCCN1CC. The van der Waals surface area contributed by atoms with Crippen molar-refractivity contribution >= 4 is 5.84 Å². The fraction of sp³-hybridized carbons (Fsp3) is 0.947. The summed E-state index contributed by atoms with van der Waals surface area (Å²) >= 11 is 0. The van der Waals surface area contributed by atoms with Gasteiger partial charge in [0, 0.05) is 19.5 Å². The number of hydrogen-bond donors (Lipinski definition) is 0. The average Bonchev–Trinajstić information content (AvgIpc) is 2.96. The number of nitrogens with zero attached hydrogens (tertiary/aromatic N) is 2. The molecule has 0 radical (unpaired) electrons. The van der Waals surface area contributed by atoms with E-state index in [4.69, 9.17) is 0 Å². The fourth-order valence-corrected chi connectivity index (χ4v) is 3.23. The van der Waals surface area contributed by atoms with Crippen molar-refractivity contribution in [2.75, 3.05) is 19.6 Å². The molecule has 0 spiro atoms. The van der Waals surface area contributed by atoms with Gasteiger partial charge in [-0.1, -0.05) is 77.6 Å². The van der Waals surface area contributed by atoms with E-state index in [-0.39, 0.29) is 0 Å². The van der Waals surface area contributed by atoms with Crippen LogP contribution in [0.2, 0.25) is 0 Å². The van der Waals surface area contributed by atoms with Crippen molar-refractivity contribution in [2.24, 2.45) is 4.99 Å². The Kier molecular flexibility index (Phi) is 11.6. The third-order valence-corrected chi connectivity index (χ3v) is 4.66. The summed E-state index contributed by atoms with van der Waals surface area (Å²) in [5.74, 6) is 1.38. The summed E-state index contributed by atoms with van der Waals surface area (Å²) in [6.45, 7) is 7.85. The van der Waals surface area contributed by atoms with Gasteiger partial charge in [0.2, 0.25) is 0 Å². The second-order valence-electron chi connectivity index (χ2n) is 6.52. The number of hydrogen-bond acceptors (Lipinski definition) is 2. The normalized spacial score (nSPS) is 14.8. The molecule has 0 aromatic heterocycles. The molecule has 2 nitrogen and oxygen atoms in total. The van der Waals surface area contributed by atoms with Gasteiger partial charge >= 0.3 is 0 Å². The molecule has 21 heavy (non-hydrogen) atoms. The van der Waals surface area contributed by atoms with E-state index in [1.165, 1.54) is 89.3 Å². The highest BCUT2D eigenvalue weighted by Gasteiger charge is 2.13. The first-order valence-electron chi connectivity index (χ1n) is 9.66. The van der Waals surface area contributed by atoms with E-state index in [1.807, 2.05) is 0 Å². The lowest BCUT2D eigenvalue weighted by Crippen LogP contribution is -2.27. The Hall–Kier alpha value is -0.530. The Morgan fingerprint density at radius 2 is 1.29 bits per heavy atom. The second kappa shape index (κ2) is 13.2. The maximum Gasteiger partial charge on any atom is 0.0990 e. The lowest BCUT2D eigenvalue weighted by Gasteiger charge is -2.17. The molecule has 2 heteroatoms. The quantitative estimate of drug-likeness (QED) is 0.369. The fourth-order valence-electron chi connectivity index (χ4n) is 3.23. The van der Waals surface area contributed by atoms with Crippen LogP contribution in [0.25, 0.3) is 0 Å².